The van der Waals surface area contributed by atoms with Gasteiger partial charge in [-0.1, -0.05) is 53.5 Å². The van der Waals surface area contributed by atoms with Crippen LogP contribution in [-0.4, -0.2) is 17.2 Å². The molecule has 0 aliphatic rings. The van der Waals surface area contributed by atoms with E-state index in [2.05, 4.69) is 4.98 Å². The van der Waals surface area contributed by atoms with Gasteiger partial charge in [0.25, 0.3) is 0 Å². The molecular weight excluding hydrogens is 369 g/mol. The monoisotopic (exact) mass is 387 g/mol. The summed E-state index contributed by atoms with van der Waals surface area (Å²) in [6.07, 6.45) is 1.71. The summed E-state index contributed by atoms with van der Waals surface area (Å²) >= 11 is 12.4. The van der Waals surface area contributed by atoms with Crippen molar-refractivity contribution in [3.8, 4) is 5.75 Å². The molecule has 2 atom stereocenters. The molecule has 0 saturated heterocycles. The van der Waals surface area contributed by atoms with Crippen molar-refractivity contribution in [1.29, 1.82) is 0 Å². The molecule has 0 unspecified atom stereocenters. The van der Waals surface area contributed by atoms with Crippen LogP contribution in [0.15, 0.2) is 66.9 Å². The van der Waals surface area contributed by atoms with Crippen LogP contribution in [0.4, 0.5) is 0 Å². The molecule has 1 heterocycles. The Labute approximate surface area is 163 Å². The summed E-state index contributed by atoms with van der Waals surface area (Å²) < 4.78 is 5.54. The van der Waals surface area contributed by atoms with Crippen molar-refractivity contribution in [3.05, 3.63) is 93.7 Å². The Balaban J connectivity index is 2.23. The first-order chi connectivity index (χ1) is 12.4. The minimum Gasteiger partial charge on any atom is -0.496 e. The summed E-state index contributed by atoms with van der Waals surface area (Å²) in [6, 6.07) is 18.3. The van der Waals surface area contributed by atoms with Gasteiger partial charge in [0, 0.05) is 27.4 Å². The van der Waals surface area contributed by atoms with Crippen LogP contribution in [0.5, 0.6) is 5.75 Å². The van der Waals surface area contributed by atoms with Crippen LogP contribution in [0.2, 0.25) is 10.0 Å². The van der Waals surface area contributed by atoms with Gasteiger partial charge in [0.2, 0.25) is 0 Å². The molecule has 2 aromatic carbocycles. The standard InChI is InChI=1S/C21H19Cl2NO2/c1-21(25,16-11-10-14(22)13-17(16)23)20(18-8-5-6-12-24-18)15-7-3-4-9-19(15)26-2/h3-13,20,25H,1-2H3/t20-,21-/m1/s1. The molecule has 0 fully saturated rings. The SMILES string of the molecule is COc1ccccc1[C@H](c1ccccn1)[C@](C)(O)c1ccc(Cl)cc1Cl. The molecule has 1 aromatic heterocycles. The molecule has 0 bridgehead atoms. The molecule has 0 spiro atoms. The van der Waals surface area contributed by atoms with Gasteiger partial charge in [0.15, 0.2) is 0 Å². The summed E-state index contributed by atoms with van der Waals surface area (Å²) in [7, 11) is 1.61. The molecule has 3 nitrogen and oxygen atoms in total. The fourth-order valence-electron chi connectivity index (χ4n) is 3.26. The number of nitrogens with zero attached hydrogens (tertiary/aromatic N) is 1. The lowest BCUT2D eigenvalue weighted by Crippen LogP contribution is -2.32. The molecule has 5 heteroatoms. The average molecular weight is 388 g/mol. The molecule has 0 amide bonds. The number of para-hydroxylation sites is 1. The van der Waals surface area contributed by atoms with Crippen molar-refractivity contribution < 1.29 is 9.84 Å². The largest absolute Gasteiger partial charge is 0.496 e. The van der Waals surface area contributed by atoms with E-state index in [4.69, 9.17) is 27.9 Å². The maximum Gasteiger partial charge on any atom is 0.122 e. The highest BCUT2D eigenvalue weighted by molar-refractivity contribution is 6.35. The van der Waals surface area contributed by atoms with Crippen molar-refractivity contribution >= 4 is 23.2 Å². The molecule has 26 heavy (non-hydrogen) atoms. The molecule has 1 N–H and O–H groups in total. The zero-order valence-corrected chi connectivity index (χ0v) is 16.0. The summed E-state index contributed by atoms with van der Waals surface area (Å²) in [5.41, 5.74) is 0.771. The van der Waals surface area contributed by atoms with Crippen LogP contribution in [0.1, 0.15) is 29.7 Å². The molecule has 134 valence electrons. The van der Waals surface area contributed by atoms with E-state index in [9.17, 15) is 5.11 Å². The molecular formula is C21H19Cl2NO2. The van der Waals surface area contributed by atoms with E-state index >= 15 is 0 Å². The zero-order valence-electron chi connectivity index (χ0n) is 14.5. The lowest BCUT2D eigenvalue weighted by atomic mass is 9.76. The lowest BCUT2D eigenvalue weighted by Gasteiger charge is -2.35. The van der Waals surface area contributed by atoms with Gasteiger partial charge in [-0.05, 0) is 37.3 Å². The van der Waals surface area contributed by atoms with Crippen LogP contribution in [0.3, 0.4) is 0 Å². The Morgan fingerprint density at radius 1 is 1.04 bits per heavy atom. The first-order valence-corrected chi connectivity index (χ1v) is 8.92. The first kappa shape index (κ1) is 18.7. The molecule has 0 radical (unpaired) electrons. The fraction of sp³-hybridized carbons (Fsp3) is 0.190. The second kappa shape index (κ2) is 7.67. The van der Waals surface area contributed by atoms with E-state index in [1.165, 1.54) is 0 Å². The number of methoxy groups -OCH3 is 1. The molecule has 0 saturated carbocycles. The third-order valence-corrected chi connectivity index (χ3v) is 5.02. The van der Waals surface area contributed by atoms with Crippen LogP contribution >= 0.6 is 23.2 Å². The molecule has 3 rings (SSSR count). The highest BCUT2D eigenvalue weighted by Crippen LogP contribution is 2.46. The zero-order chi connectivity index (χ0) is 18.7. The van der Waals surface area contributed by atoms with Crippen LogP contribution in [-0.2, 0) is 5.60 Å². The minimum atomic E-state index is -1.34. The highest BCUT2D eigenvalue weighted by atomic mass is 35.5. The second-order valence-corrected chi connectivity index (χ2v) is 7.04. The topological polar surface area (TPSA) is 42.4 Å². The van der Waals surface area contributed by atoms with Crippen molar-refractivity contribution in [1.82, 2.24) is 4.98 Å². The van der Waals surface area contributed by atoms with Gasteiger partial charge in [-0.15, -0.1) is 0 Å². The molecule has 3 aromatic rings. The summed E-state index contributed by atoms with van der Waals surface area (Å²) in [4.78, 5) is 4.49. The normalized spacial score (nSPS) is 14.5. The Bertz CT molecular complexity index is 898. The first-order valence-electron chi connectivity index (χ1n) is 8.17. The smallest absolute Gasteiger partial charge is 0.122 e. The van der Waals surface area contributed by atoms with Crippen molar-refractivity contribution in [2.75, 3.05) is 7.11 Å². The van der Waals surface area contributed by atoms with Gasteiger partial charge in [-0.3, -0.25) is 4.98 Å². The van der Waals surface area contributed by atoms with Gasteiger partial charge >= 0.3 is 0 Å². The van der Waals surface area contributed by atoms with Crippen LogP contribution in [0.25, 0.3) is 0 Å². The van der Waals surface area contributed by atoms with E-state index in [1.54, 1.807) is 38.4 Å². The number of aliphatic hydroxyl groups is 1. The number of rotatable bonds is 5. The number of halogens is 2. The maximum atomic E-state index is 11.6. The third-order valence-electron chi connectivity index (χ3n) is 4.47. The molecule has 0 aliphatic heterocycles. The van der Waals surface area contributed by atoms with Crippen molar-refractivity contribution in [2.24, 2.45) is 0 Å². The highest BCUT2D eigenvalue weighted by Gasteiger charge is 2.40. The van der Waals surface area contributed by atoms with Gasteiger partial charge in [-0.25, -0.2) is 0 Å². The van der Waals surface area contributed by atoms with Crippen molar-refractivity contribution in [2.45, 2.75) is 18.4 Å². The van der Waals surface area contributed by atoms with E-state index in [-0.39, 0.29) is 0 Å². The number of ether oxygens (including phenoxy) is 1. The summed E-state index contributed by atoms with van der Waals surface area (Å²) in [6.45, 7) is 1.73. The second-order valence-electron chi connectivity index (χ2n) is 6.20. The van der Waals surface area contributed by atoms with Gasteiger partial charge in [-0.2, -0.15) is 0 Å². The van der Waals surface area contributed by atoms with Gasteiger partial charge in [0.05, 0.1) is 18.7 Å². The van der Waals surface area contributed by atoms with Crippen molar-refractivity contribution in [3.63, 3.8) is 0 Å². The van der Waals surface area contributed by atoms with Gasteiger partial charge in [0.1, 0.15) is 11.4 Å². The number of hydrogen-bond donors (Lipinski definition) is 1. The van der Waals surface area contributed by atoms with Crippen LogP contribution in [0, 0.1) is 0 Å². The maximum absolute atomic E-state index is 11.6. The summed E-state index contributed by atoms with van der Waals surface area (Å²) in [5.74, 6) is 0.187. The Morgan fingerprint density at radius 2 is 1.77 bits per heavy atom. The Hall–Kier alpha value is -2.07. The Morgan fingerprint density at radius 3 is 2.42 bits per heavy atom. The van der Waals surface area contributed by atoms with E-state index in [0.717, 1.165) is 5.56 Å². The number of hydrogen-bond acceptors (Lipinski definition) is 3. The van der Waals surface area contributed by atoms with Crippen LogP contribution < -0.4 is 4.74 Å². The average Bonchev–Trinajstić information content (AvgIpc) is 2.62. The fourth-order valence-corrected chi connectivity index (χ4v) is 3.86. The summed E-state index contributed by atoms with van der Waals surface area (Å²) in [5, 5.41) is 12.5. The number of aromatic nitrogens is 1. The van der Waals surface area contributed by atoms with E-state index in [1.807, 2.05) is 42.5 Å². The third kappa shape index (κ3) is 3.56. The van der Waals surface area contributed by atoms with E-state index in [0.29, 0.717) is 27.1 Å². The predicted molar refractivity (Wildman–Crippen MR) is 105 cm³/mol. The number of benzene rings is 2. The number of pyridine rings is 1. The molecule has 0 aliphatic carbocycles. The predicted octanol–water partition coefficient (Wildman–Crippen LogP) is 5.44. The quantitative estimate of drug-likeness (QED) is 0.633. The van der Waals surface area contributed by atoms with E-state index < -0.39 is 11.5 Å². The lowest BCUT2D eigenvalue weighted by molar-refractivity contribution is 0.0374. The van der Waals surface area contributed by atoms with Gasteiger partial charge < -0.3 is 9.84 Å². The minimum absolute atomic E-state index is 0.401. The Kier molecular flexibility index (Phi) is 5.52.